The second kappa shape index (κ2) is 47.3. The standard InChI is InChI=1S/C52H99NO4/c1-3-5-7-9-11-13-15-17-19-21-23-25-26-27-29-31-33-35-37-39-41-43-45-49(55)47-52(57)53-50(48-54)51(56)46-44-42-40-38-36-34-32-30-28-24-22-20-18-16-14-12-10-8-6-4-2/h27,29,36,38,44,46,49-51,54-56H,3-26,28,30-35,37,39-43,45,47-48H2,1-2H3,(H,53,57)/b29-27-,38-36+,46-44+. The van der Waals surface area contributed by atoms with E-state index in [0.29, 0.717) is 6.42 Å². The Morgan fingerprint density at radius 1 is 0.439 bits per heavy atom. The fourth-order valence-electron chi connectivity index (χ4n) is 7.76. The van der Waals surface area contributed by atoms with Crippen LogP contribution in [0.3, 0.4) is 0 Å². The molecule has 57 heavy (non-hydrogen) atoms. The number of carbonyl (C=O) groups excluding carboxylic acids is 1. The van der Waals surface area contributed by atoms with E-state index in [4.69, 9.17) is 0 Å². The third-order valence-corrected chi connectivity index (χ3v) is 11.6. The summed E-state index contributed by atoms with van der Waals surface area (Å²) in [5, 5.41) is 33.3. The molecule has 0 aliphatic rings. The maximum Gasteiger partial charge on any atom is 0.222 e. The van der Waals surface area contributed by atoms with Crippen LogP contribution in [0, 0.1) is 0 Å². The van der Waals surface area contributed by atoms with Crippen molar-refractivity contribution in [2.45, 2.75) is 283 Å². The van der Waals surface area contributed by atoms with Crippen molar-refractivity contribution in [2.75, 3.05) is 6.61 Å². The zero-order valence-corrected chi connectivity index (χ0v) is 38.2. The number of unbranched alkanes of at least 4 members (excludes halogenated alkanes) is 33. The second-order valence-corrected chi connectivity index (χ2v) is 17.4. The molecule has 0 aromatic carbocycles. The van der Waals surface area contributed by atoms with Crippen LogP contribution in [-0.2, 0) is 4.79 Å². The molecule has 1 amide bonds. The molecule has 0 aromatic heterocycles. The summed E-state index contributed by atoms with van der Waals surface area (Å²) in [6.07, 6.45) is 60.2. The molecule has 3 unspecified atom stereocenters. The predicted octanol–water partition coefficient (Wildman–Crippen LogP) is 15.1. The summed E-state index contributed by atoms with van der Waals surface area (Å²) in [7, 11) is 0. The van der Waals surface area contributed by atoms with Gasteiger partial charge in [0.25, 0.3) is 0 Å². The monoisotopic (exact) mass is 802 g/mol. The zero-order valence-electron chi connectivity index (χ0n) is 38.2. The normalized spacial score (nSPS) is 13.7. The Balaban J connectivity index is 3.66. The van der Waals surface area contributed by atoms with Gasteiger partial charge in [-0.1, -0.05) is 237 Å². The van der Waals surface area contributed by atoms with Gasteiger partial charge in [0.05, 0.1) is 31.3 Å². The van der Waals surface area contributed by atoms with Crippen LogP contribution in [0.15, 0.2) is 36.5 Å². The average Bonchev–Trinajstić information content (AvgIpc) is 3.20. The summed E-state index contributed by atoms with van der Waals surface area (Å²) in [6, 6.07) is -0.763. The first-order chi connectivity index (χ1) is 28.0. The lowest BCUT2D eigenvalue weighted by atomic mass is 10.0. The number of aliphatic hydroxyl groups is 3. The van der Waals surface area contributed by atoms with Crippen molar-refractivity contribution in [1.29, 1.82) is 0 Å². The van der Waals surface area contributed by atoms with E-state index in [0.717, 1.165) is 32.1 Å². The average molecular weight is 802 g/mol. The summed E-state index contributed by atoms with van der Waals surface area (Å²) < 4.78 is 0. The number of nitrogens with one attached hydrogen (secondary N) is 1. The Kier molecular flexibility index (Phi) is 46.1. The molecule has 0 saturated carbocycles. The topological polar surface area (TPSA) is 89.8 Å². The molecule has 0 aliphatic carbocycles. The molecular formula is C52H99NO4. The van der Waals surface area contributed by atoms with Crippen molar-refractivity contribution >= 4 is 5.91 Å². The molecule has 5 heteroatoms. The number of amides is 1. The Morgan fingerprint density at radius 3 is 1.12 bits per heavy atom. The molecule has 0 aromatic rings. The second-order valence-electron chi connectivity index (χ2n) is 17.4. The number of hydrogen-bond acceptors (Lipinski definition) is 4. The largest absolute Gasteiger partial charge is 0.394 e. The molecule has 4 N–H and O–H groups in total. The molecule has 0 radical (unpaired) electrons. The van der Waals surface area contributed by atoms with Gasteiger partial charge in [-0.25, -0.2) is 0 Å². The van der Waals surface area contributed by atoms with Crippen LogP contribution in [-0.4, -0.2) is 46.1 Å². The van der Waals surface area contributed by atoms with Gasteiger partial charge in [-0.3, -0.25) is 4.79 Å². The van der Waals surface area contributed by atoms with E-state index in [2.05, 4.69) is 43.5 Å². The molecule has 5 nitrogen and oxygen atoms in total. The molecule has 0 spiro atoms. The first-order valence-electron chi connectivity index (χ1n) is 25.3. The van der Waals surface area contributed by atoms with Crippen LogP contribution >= 0.6 is 0 Å². The Labute approximate surface area is 355 Å². The van der Waals surface area contributed by atoms with Crippen molar-refractivity contribution < 1.29 is 20.1 Å². The van der Waals surface area contributed by atoms with Crippen LogP contribution in [0.2, 0.25) is 0 Å². The highest BCUT2D eigenvalue weighted by Crippen LogP contribution is 2.16. The van der Waals surface area contributed by atoms with Gasteiger partial charge in [-0.2, -0.15) is 0 Å². The van der Waals surface area contributed by atoms with E-state index in [1.54, 1.807) is 6.08 Å². The molecule has 0 rings (SSSR count). The molecule has 0 saturated heterocycles. The fraction of sp³-hybridized carbons (Fsp3) is 0.865. The summed E-state index contributed by atoms with van der Waals surface area (Å²) in [5.74, 6) is -0.327. The summed E-state index contributed by atoms with van der Waals surface area (Å²) in [5.41, 5.74) is 0. The van der Waals surface area contributed by atoms with Crippen LogP contribution in [0.25, 0.3) is 0 Å². The van der Waals surface area contributed by atoms with E-state index in [-0.39, 0.29) is 18.9 Å². The van der Waals surface area contributed by atoms with Gasteiger partial charge in [-0.05, 0) is 57.8 Å². The number of allylic oxidation sites excluding steroid dienone is 5. The van der Waals surface area contributed by atoms with Crippen molar-refractivity contribution in [2.24, 2.45) is 0 Å². The maximum absolute atomic E-state index is 12.5. The van der Waals surface area contributed by atoms with Crippen LogP contribution < -0.4 is 5.32 Å². The maximum atomic E-state index is 12.5. The molecule has 0 aliphatic heterocycles. The molecular weight excluding hydrogens is 703 g/mol. The van der Waals surface area contributed by atoms with Crippen molar-refractivity contribution in [3.05, 3.63) is 36.5 Å². The lowest BCUT2D eigenvalue weighted by Crippen LogP contribution is -2.45. The first-order valence-corrected chi connectivity index (χ1v) is 25.3. The van der Waals surface area contributed by atoms with Crippen molar-refractivity contribution in [3.63, 3.8) is 0 Å². The minimum atomic E-state index is -0.953. The summed E-state index contributed by atoms with van der Waals surface area (Å²) in [4.78, 5) is 12.5. The zero-order chi connectivity index (χ0) is 41.5. The summed E-state index contributed by atoms with van der Waals surface area (Å²) in [6.45, 7) is 4.22. The van der Waals surface area contributed by atoms with E-state index in [9.17, 15) is 20.1 Å². The van der Waals surface area contributed by atoms with E-state index in [1.807, 2.05) is 6.08 Å². The molecule has 0 heterocycles. The molecule has 0 bridgehead atoms. The Hall–Kier alpha value is -1.43. The highest BCUT2D eigenvalue weighted by molar-refractivity contribution is 5.76. The number of aliphatic hydroxyl groups excluding tert-OH is 3. The quantitative estimate of drug-likeness (QED) is 0.0365. The van der Waals surface area contributed by atoms with Gasteiger partial charge in [0, 0.05) is 0 Å². The molecule has 0 fully saturated rings. The minimum absolute atomic E-state index is 0.00261. The SMILES string of the molecule is CCCCCCCCCCCCCC/C=C\CCCCCCCCC(O)CC(=O)NC(CO)C(O)/C=C/CC/C=C/CCCCCCCCCCCCCCCC. The smallest absolute Gasteiger partial charge is 0.222 e. The lowest BCUT2D eigenvalue weighted by Gasteiger charge is -2.21. The Morgan fingerprint density at radius 2 is 0.754 bits per heavy atom. The van der Waals surface area contributed by atoms with E-state index in [1.165, 1.54) is 205 Å². The van der Waals surface area contributed by atoms with Crippen molar-refractivity contribution in [1.82, 2.24) is 5.32 Å². The number of hydrogen-bond donors (Lipinski definition) is 4. The van der Waals surface area contributed by atoms with Gasteiger partial charge in [-0.15, -0.1) is 0 Å². The van der Waals surface area contributed by atoms with Crippen LogP contribution in [0.5, 0.6) is 0 Å². The highest BCUT2D eigenvalue weighted by atomic mass is 16.3. The van der Waals surface area contributed by atoms with Crippen molar-refractivity contribution in [3.8, 4) is 0 Å². The van der Waals surface area contributed by atoms with Gasteiger partial charge in [0.15, 0.2) is 0 Å². The molecule has 3 atom stereocenters. The lowest BCUT2D eigenvalue weighted by molar-refractivity contribution is -0.124. The first kappa shape index (κ1) is 55.6. The minimum Gasteiger partial charge on any atom is -0.394 e. The third-order valence-electron chi connectivity index (χ3n) is 11.6. The van der Waals surface area contributed by atoms with Gasteiger partial charge < -0.3 is 20.6 Å². The van der Waals surface area contributed by atoms with Gasteiger partial charge >= 0.3 is 0 Å². The van der Waals surface area contributed by atoms with E-state index >= 15 is 0 Å². The van der Waals surface area contributed by atoms with Gasteiger partial charge in [0.2, 0.25) is 5.91 Å². The predicted molar refractivity (Wildman–Crippen MR) is 250 cm³/mol. The van der Waals surface area contributed by atoms with Crippen LogP contribution in [0.4, 0.5) is 0 Å². The van der Waals surface area contributed by atoms with Crippen LogP contribution in [0.1, 0.15) is 264 Å². The summed E-state index contributed by atoms with van der Waals surface area (Å²) >= 11 is 0. The van der Waals surface area contributed by atoms with Gasteiger partial charge in [0.1, 0.15) is 0 Å². The highest BCUT2D eigenvalue weighted by Gasteiger charge is 2.20. The Bertz CT molecular complexity index is 885. The number of carbonyl (C=O) groups is 1. The molecule has 336 valence electrons. The fourth-order valence-corrected chi connectivity index (χ4v) is 7.76. The number of rotatable bonds is 46. The third kappa shape index (κ3) is 44.0. The van der Waals surface area contributed by atoms with E-state index < -0.39 is 18.2 Å².